The highest BCUT2D eigenvalue weighted by Gasteiger charge is 2.36. The predicted octanol–water partition coefficient (Wildman–Crippen LogP) is 2.53. The monoisotopic (exact) mass is 252 g/mol. The summed E-state index contributed by atoms with van der Waals surface area (Å²) in [6.45, 7) is 7.52. The summed E-state index contributed by atoms with van der Waals surface area (Å²) in [4.78, 5) is 0. The topological polar surface area (TPSA) is 27.7 Å². The number of rotatable bonds is 3. The Morgan fingerprint density at radius 3 is 2.20 bits per heavy atom. The van der Waals surface area contributed by atoms with E-state index in [1.807, 2.05) is 13.8 Å². The number of halogens is 1. The summed E-state index contributed by atoms with van der Waals surface area (Å²) < 4.78 is 17.4. The fourth-order valence-corrected chi connectivity index (χ4v) is 5.16. The maximum absolute atomic E-state index is 5.98. The normalized spacial score (nSPS) is 38.4. The molecule has 0 saturated carbocycles. The number of ether oxygens (including phenoxy) is 1. The molecule has 1 aliphatic rings. The molecule has 0 spiro atoms. The standard InChI is InChI=1S/C10H21ClO3Si/c1-9-7-12-8-10(2)14-15(3,13-9)6-4-5-11/h9-10H,4-8H2,1-3H3. The van der Waals surface area contributed by atoms with E-state index in [9.17, 15) is 0 Å². The lowest BCUT2D eigenvalue weighted by atomic mass is 10.4. The van der Waals surface area contributed by atoms with Gasteiger partial charge in [0.1, 0.15) is 0 Å². The molecular formula is C10H21ClO3Si. The van der Waals surface area contributed by atoms with Crippen LogP contribution in [0, 0.1) is 0 Å². The Kier molecular flexibility index (Phi) is 5.56. The molecule has 1 heterocycles. The van der Waals surface area contributed by atoms with Crippen LogP contribution in [0.1, 0.15) is 20.3 Å². The average Bonchev–Trinajstić information content (AvgIpc) is 2.12. The molecule has 0 radical (unpaired) electrons. The van der Waals surface area contributed by atoms with Crippen molar-refractivity contribution >= 4 is 20.2 Å². The summed E-state index contributed by atoms with van der Waals surface area (Å²) in [5.41, 5.74) is 0. The van der Waals surface area contributed by atoms with Crippen molar-refractivity contribution in [3.8, 4) is 0 Å². The van der Waals surface area contributed by atoms with Crippen molar-refractivity contribution < 1.29 is 13.6 Å². The Hall–Kier alpha value is 0.387. The van der Waals surface area contributed by atoms with Gasteiger partial charge in [0.05, 0.1) is 25.4 Å². The molecule has 0 amide bonds. The summed E-state index contributed by atoms with van der Waals surface area (Å²) in [5.74, 6) is 0.675. The molecule has 0 aromatic heterocycles. The molecule has 5 heteroatoms. The Balaban J connectivity index is 2.55. The van der Waals surface area contributed by atoms with Crippen molar-refractivity contribution in [2.75, 3.05) is 19.1 Å². The van der Waals surface area contributed by atoms with E-state index in [4.69, 9.17) is 25.2 Å². The molecule has 2 unspecified atom stereocenters. The molecule has 3 nitrogen and oxygen atoms in total. The van der Waals surface area contributed by atoms with Gasteiger partial charge < -0.3 is 13.6 Å². The fourth-order valence-electron chi connectivity index (χ4n) is 1.85. The third-order valence-electron chi connectivity index (χ3n) is 2.37. The second-order valence-corrected chi connectivity index (χ2v) is 7.94. The van der Waals surface area contributed by atoms with Crippen LogP contribution in [0.2, 0.25) is 12.6 Å². The predicted molar refractivity (Wildman–Crippen MR) is 63.7 cm³/mol. The van der Waals surface area contributed by atoms with Crippen LogP contribution in [0.15, 0.2) is 0 Å². The van der Waals surface area contributed by atoms with Gasteiger partial charge in [-0.3, -0.25) is 0 Å². The lowest BCUT2D eigenvalue weighted by Gasteiger charge is -2.35. The maximum Gasteiger partial charge on any atom is 0.335 e. The zero-order chi connectivity index (χ0) is 11.3. The van der Waals surface area contributed by atoms with Crippen molar-refractivity contribution in [1.29, 1.82) is 0 Å². The molecule has 90 valence electrons. The van der Waals surface area contributed by atoms with Crippen LogP contribution in [0.25, 0.3) is 0 Å². The minimum atomic E-state index is -2.03. The molecule has 1 rings (SSSR count). The molecular weight excluding hydrogens is 232 g/mol. The Bertz CT molecular complexity index is 180. The minimum Gasteiger partial charge on any atom is -0.389 e. The number of hydrogen-bond donors (Lipinski definition) is 0. The molecule has 0 bridgehead atoms. The van der Waals surface area contributed by atoms with Crippen LogP contribution < -0.4 is 0 Å². The van der Waals surface area contributed by atoms with E-state index < -0.39 is 8.56 Å². The quantitative estimate of drug-likeness (QED) is 0.571. The Morgan fingerprint density at radius 2 is 1.73 bits per heavy atom. The summed E-state index contributed by atoms with van der Waals surface area (Å²) >= 11 is 5.71. The zero-order valence-corrected chi connectivity index (χ0v) is 11.5. The molecule has 2 atom stereocenters. The largest absolute Gasteiger partial charge is 0.389 e. The van der Waals surface area contributed by atoms with E-state index in [0.717, 1.165) is 12.5 Å². The lowest BCUT2D eigenvalue weighted by molar-refractivity contribution is -0.0369. The van der Waals surface area contributed by atoms with Crippen LogP contribution in [-0.2, 0) is 13.6 Å². The fraction of sp³-hybridized carbons (Fsp3) is 1.00. The first-order chi connectivity index (χ1) is 7.06. The van der Waals surface area contributed by atoms with Gasteiger partial charge in [-0.25, -0.2) is 0 Å². The molecule has 0 N–H and O–H groups in total. The molecule has 1 aliphatic heterocycles. The van der Waals surface area contributed by atoms with Crippen molar-refractivity contribution in [1.82, 2.24) is 0 Å². The van der Waals surface area contributed by atoms with E-state index >= 15 is 0 Å². The van der Waals surface area contributed by atoms with Crippen molar-refractivity contribution in [2.45, 2.75) is 45.1 Å². The van der Waals surface area contributed by atoms with Crippen molar-refractivity contribution in [3.63, 3.8) is 0 Å². The maximum atomic E-state index is 5.98. The van der Waals surface area contributed by atoms with Gasteiger partial charge in [0.25, 0.3) is 0 Å². The molecule has 0 aromatic rings. The minimum absolute atomic E-state index is 0.129. The van der Waals surface area contributed by atoms with Crippen LogP contribution in [-0.4, -0.2) is 39.9 Å². The Morgan fingerprint density at radius 1 is 1.20 bits per heavy atom. The SMILES string of the molecule is CC1COCC(C)O[Si](C)(CCCCl)O1. The molecule has 1 saturated heterocycles. The van der Waals surface area contributed by atoms with E-state index in [1.165, 1.54) is 0 Å². The van der Waals surface area contributed by atoms with E-state index in [2.05, 4.69) is 6.55 Å². The Labute approximate surface area is 98.3 Å². The third kappa shape index (κ3) is 4.83. The number of hydrogen-bond acceptors (Lipinski definition) is 3. The van der Waals surface area contributed by atoms with Gasteiger partial charge in [0.2, 0.25) is 0 Å². The third-order valence-corrected chi connectivity index (χ3v) is 5.70. The van der Waals surface area contributed by atoms with Crippen LogP contribution in [0.5, 0.6) is 0 Å². The van der Waals surface area contributed by atoms with Crippen LogP contribution in [0.4, 0.5) is 0 Å². The zero-order valence-electron chi connectivity index (χ0n) is 9.79. The van der Waals surface area contributed by atoms with Crippen LogP contribution >= 0.6 is 11.6 Å². The first-order valence-corrected chi connectivity index (χ1v) is 8.61. The molecule has 0 aliphatic carbocycles. The lowest BCUT2D eigenvalue weighted by Crippen LogP contribution is -2.47. The van der Waals surface area contributed by atoms with Gasteiger partial charge >= 0.3 is 8.56 Å². The van der Waals surface area contributed by atoms with Crippen LogP contribution in [0.3, 0.4) is 0 Å². The van der Waals surface area contributed by atoms with E-state index in [1.54, 1.807) is 0 Å². The summed E-state index contributed by atoms with van der Waals surface area (Å²) in [5, 5.41) is 0. The second-order valence-electron chi connectivity index (χ2n) is 4.32. The van der Waals surface area contributed by atoms with Crippen molar-refractivity contribution in [2.24, 2.45) is 0 Å². The highest BCUT2D eigenvalue weighted by atomic mass is 35.5. The van der Waals surface area contributed by atoms with Gasteiger partial charge in [0.15, 0.2) is 0 Å². The van der Waals surface area contributed by atoms with Gasteiger partial charge in [-0.15, -0.1) is 11.6 Å². The first kappa shape index (κ1) is 13.5. The summed E-state index contributed by atoms with van der Waals surface area (Å²) in [6.07, 6.45) is 1.22. The van der Waals surface area contributed by atoms with E-state index in [0.29, 0.717) is 19.1 Å². The van der Waals surface area contributed by atoms with Gasteiger partial charge in [-0.1, -0.05) is 0 Å². The molecule has 1 fully saturated rings. The van der Waals surface area contributed by atoms with Crippen molar-refractivity contribution in [3.05, 3.63) is 0 Å². The first-order valence-electron chi connectivity index (χ1n) is 5.55. The van der Waals surface area contributed by atoms with Gasteiger partial charge in [-0.05, 0) is 32.9 Å². The van der Waals surface area contributed by atoms with E-state index in [-0.39, 0.29) is 12.2 Å². The van der Waals surface area contributed by atoms with Gasteiger partial charge in [-0.2, -0.15) is 0 Å². The molecule has 15 heavy (non-hydrogen) atoms. The smallest absolute Gasteiger partial charge is 0.335 e. The second kappa shape index (κ2) is 6.20. The summed E-state index contributed by atoms with van der Waals surface area (Å²) in [6, 6.07) is 0.963. The highest BCUT2D eigenvalue weighted by Crippen LogP contribution is 2.22. The number of alkyl halides is 1. The highest BCUT2D eigenvalue weighted by molar-refractivity contribution is 6.66. The summed E-state index contributed by atoms with van der Waals surface area (Å²) in [7, 11) is -2.03. The van der Waals surface area contributed by atoms with Gasteiger partial charge in [0, 0.05) is 5.88 Å². The average molecular weight is 253 g/mol. The molecule has 0 aromatic carbocycles.